The minimum absolute atomic E-state index is 0.104. The first-order chi connectivity index (χ1) is 8.78. The normalized spacial score (nSPS) is 26.3. The van der Waals surface area contributed by atoms with Gasteiger partial charge in [-0.25, -0.2) is 0 Å². The van der Waals surface area contributed by atoms with Crippen LogP contribution in [0, 0.1) is 0 Å². The van der Waals surface area contributed by atoms with E-state index in [4.69, 9.17) is 5.73 Å². The van der Waals surface area contributed by atoms with Gasteiger partial charge in [-0.3, -0.25) is 9.69 Å². The van der Waals surface area contributed by atoms with Crippen LogP contribution < -0.4 is 11.1 Å². The topological polar surface area (TPSA) is 58.4 Å². The van der Waals surface area contributed by atoms with Crippen LogP contribution in [0.5, 0.6) is 0 Å². The van der Waals surface area contributed by atoms with E-state index in [9.17, 15) is 4.79 Å². The molecule has 0 radical (unpaired) electrons. The van der Waals surface area contributed by atoms with Crippen LogP contribution in [0.1, 0.15) is 59.8 Å². The second-order valence-electron chi connectivity index (χ2n) is 6.58. The van der Waals surface area contributed by atoms with E-state index in [1.54, 1.807) is 0 Å². The minimum atomic E-state index is -0.138. The van der Waals surface area contributed by atoms with E-state index in [1.807, 2.05) is 14.0 Å². The fraction of sp³-hybridized carbons (Fsp3) is 0.933. The molecule has 0 spiro atoms. The van der Waals surface area contributed by atoms with Gasteiger partial charge in [0.1, 0.15) is 0 Å². The predicted octanol–water partition coefficient (Wildman–Crippen LogP) is 1.88. The van der Waals surface area contributed by atoms with E-state index in [-0.39, 0.29) is 23.5 Å². The summed E-state index contributed by atoms with van der Waals surface area (Å²) in [6.45, 7) is 8.18. The number of carbonyl (C=O) groups excluding carboxylic acids is 1. The summed E-state index contributed by atoms with van der Waals surface area (Å²) in [6.07, 6.45) is 5.54. The molecule has 3 unspecified atom stereocenters. The molecule has 1 fully saturated rings. The Hall–Kier alpha value is -0.610. The van der Waals surface area contributed by atoms with Crippen molar-refractivity contribution in [2.75, 3.05) is 7.05 Å². The highest BCUT2D eigenvalue weighted by Gasteiger charge is 2.32. The molecule has 1 aliphatic carbocycles. The fourth-order valence-electron chi connectivity index (χ4n) is 2.64. The van der Waals surface area contributed by atoms with Gasteiger partial charge in [0.25, 0.3) is 0 Å². The largest absolute Gasteiger partial charge is 0.350 e. The molecule has 0 aromatic heterocycles. The third-order valence-corrected chi connectivity index (χ3v) is 4.64. The highest BCUT2D eigenvalue weighted by Crippen LogP contribution is 2.22. The molecule has 3 N–H and O–H groups in total. The standard InChI is InChI=1S/C15H31N3O/c1-6-15(3,4)17-14(19)11(2)18(5)13-10-8-7-9-12(13)16/h11-13H,6-10,16H2,1-5H3,(H,17,19). The molecule has 4 heteroatoms. The Kier molecular flexibility index (Phi) is 5.81. The minimum Gasteiger partial charge on any atom is -0.350 e. The number of nitrogens with zero attached hydrogens (tertiary/aromatic N) is 1. The number of hydrogen-bond acceptors (Lipinski definition) is 3. The number of nitrogens with two attached hydrogens (primary N) is 1. The zero-order chi connectivity index (χ0) is 14.6. The molecular weight excluding hydrogens is 238 g/mol. The van der Waals surface area contributed by atoms with Gasteiger partial charge in [0, 0.05) is 17.6 Å². The van der Waals surface area contributed by atoms with Crippen molar-refractivity contribution >= 4 is 5.91 Å². The third kappa shape index (κ3) is 4.46. The molecule has 1 aliphatic rings. The second kappa shape index (κ2) is 6.71. The maximum absolute atomic E-state index is 12.3. The lowest BCUT2D eigenvalue weighted by molar-refractivity contribution is -0.128. The van der Waals surface area contributed by atoms with E-state index in [1.165, 1.54) is 12.8 Å². The molecule has 4 nitrogen and oxygen atoms in total. The van der Waals surface area contributed by atoms with E-state index < -0.39 is 0 Å². The summed E-state index contributed by atoms with van der Waals surface area (Å²) in [5, 5.41) is 3.12. The Labute approximate surface area is 118 Å². The molecule has 0 aromatic carbocycles. The summed E-state index contributed by atoms with van der Waals surface area (Å²) >= 11 is 0. The van der Waals surface area contributed by atoms with Gasteiger partial charge in [0.15, 0.2) is 0 Å². The second-order valence-corrected chi connectivity index (χ2v) is 6.58. The number of carbonyl (C=O) groups is 1. The molecule has 1 rings (SSSR count). The number of nitrogens with one attached hydrogen (secondary N) is 1. The predicted molar refractivity (Wildman–Crippen MR) is 80.0 cm³/mol. The van der Waals surface area contributed by atoms with Crippen LogP contribution in [0.25, 0.3) is 0 Å². The van der Waals surface area contributed by atoms with Crippen LogP contribution in [-0.2, 0) is 4.79 Å². The van der Waals surface area contributed by atoms with E-state index >= 15 is 0 Å². The number of likely N-dealkylation sites (N-methyl/N-ethyl adjacent to an activating group) is 1. The van der Waals surface area contributed by atoms with Gasteiger partial charge in [0.2, 0.25) is 5.91 Å². The average Bonchev–Trinajstić information content (AvgIpc) is 2.37. The first-order valence-electron chi connectivity index (χ1n) is 7.58. The van der Waals surface area contributed by atoms with E-state index in [0.29, 0.717) is 6.04 Å². The van der Waals surface area contributed by atoms with E-state index in [0.717, 1.165) is 19.3 Å². The molecule has 0 saturated heterocycles. The van der Waals surface area contributed by atoms with Crippen LogP contribution in [-0.4, -0.2) is 41.5 Å². The summed E-state index contributed by atoms with van der Waals surface area (Å²) in [4.78, 5) is 14.5. The Morgan fingerprint density at radius 1 is 1.42 bits per heavy atom. The van der Waals surface area contributed by atoms with Gasteiger partial charge < -0.3 is 11.1 Å². The lowest BCUT2D eigenvalue weighted by Gasteiger charge is -2.39. The van der Waals surface area contributed by atoms with Gasteiger partial charge in [-0.15, -0.1) is 0 Å². The van der Waals surface area contributed by atoms with Crippen molar-refractivity contribution in [3.05, 3.63) is 0 Å². The van der Waals surface area contributed by atoms with Crippen molar-refractivity contribution in [1.82, 2.24) is 10.2 Å². The van der Waals surface area contributed by atoms with Crippen LogP contribution in [0.2, 0.25) is 0 Å². The van der Waals surface area contributed by atoms with Crippen molar-refractivity contribution in [3.63, 3.8) is 0 Å². The Balaban J connectivity index is 2.60. The molecular formula is C15H31N3O. The van der Waals surface area contributed by atoms with Gasteiger partial charge in [-0.1, -0.05) is 19.8 Å². The van der Waals surface area contributed by atoms with Crippen LogP contribution in [0.4, 0.5) is 0 Å². The van der Waals surface area contributed by atoms with Gasteiger partial charge in [-0.05, 0) is 47.1 Å². The van der Waals surface area contributed by atoms with Crippen molar-refractivity contribution in [2.24, 2.45) is 5.73 Å². The van der Waals surface area contributed by atoms with Crippen molar-refractivity contribution in [1.29, 1.82) is 0 Å². The average molecular weight is 269 g/mol. The smallest absolute Gasteiger partial charge is 0.237 e. The van der Waals surface area contributed by atoms with Crippen LogP contribution in [0.15, 0.2) is 0 Å². The molecule has 0 aromatic rings. The fourth-order valence-corrected chi connectivity index (χ4v) is 2.64. The molecule has 0 bridgehead atoms. The number of rotatable bonds is 5. The third-order valence-electron chi connectivity index (χ3n) is 4.64. The Bertz CT molecular complexity index is 304. The molecule has 1 amide bonds. The quantitative estimate of drug-likeness (QED) is 0.801. The molecule has 1 saturated carbocycles. The highest BCUT2D eigenvalue weighted by molar-refractivity contribution is 5.82. The van der Waals surface area contributed by atoms with E-state index in [2.05, 4.69) is 31.0 Å². The van der Waals surface area contributed by atoms with Crippen molar-refractivity contribution in [2.45, 2.75) is 83.5 Å². The first-order valence-corrected chi connectivity index (χ1v) is 7.58. The zero-order valence-corrected chi connectivity index (χ0v) is 13.2. The highest BCUT2D eigenvalue weighted by atomic mass is 16.2. The van der Waals surface area contributed by atoms with Gasteiger partial charge in [-0.2, -0.15) is 0 Å². The summed E-state index contributed by atoms with van der Waals surface area (Å²) in [5.74, 6) is 0.104. The van der Waals surface area contributed by atoms with Crippen LogP contribution >= 0.6 is 0 Å². The molecule has 112 valence electrons. The van der Waals surface area contributed by atoms with Crippen molar-refractivity contribution in [3.8, 4) is 0 Å². The first kappa shape index (κ1) is 16.4. The zero-order valence-electron chi connectivity index (χ0n) is 13.2. The summed E-state index contributed by atoms with van der Waals surface area (Å²) in [5.41, 5.74) is 6.06. The lowest BCUT2D eigenvalue weighted by atomic mass is 9.89. The maximum atomic E-state index is 12.3. The van der Waals surface area contributed by atoms with Gasteiger partial charge >= 0.3 is 0 Å². The number of hydrogen-bond donors (Lipinski definition) is 2. The molecule has 0 aliphatic heterocycles. The maximum Gasteiger partial charge on any atom is 0.237 e. The molecule has 0 heterocycles. The number of amides is 1. The Morgan fingerprint density at radius 3 is 2.53 bits per heavy atom. The van der Waals surface area contributed by atoms with Crippen LogP contribution in [0.3, 0.4) is 0 Å². The Morgan fingerprint density at radius 2 is 2.00 bits per heavy atom. The molecule has 19 heavy (non-hydrogen) atoms. The summed E-state index contributed by atoms with van der Waals surface area (Å²) in [7, 11) is 2.03. The SMILES string of the molecule is CCC(C)(C)NC(=O)C(C)N(C)C1CCCCC1N. The monoisotopic (exact) mass is 269 g/mol. The summed E-state index contributed by atoms with van der Waals surface area (Å²) in [6, 6.07) is 0.410. The lowest BCUT2D eigenvalue weighted by Crippen LogP contribution is -2.57. The molecule has 3 atom stereocenters. The summed E-state index contributed by atoms with van der Waals surface area (Å²) < 4.78 is 0. The van der Waals surface area contributed by atoms with Crippen molar-refractivity contribution < 1.29 is 4.79 Å². The van der Waals surface area contributed by atoms with Gasteiger partial charge in [0.05, 0.1) is 6.04 Å².